The van der Waals surface area contributed by atoms with Crippen molar-refractivity contribution in [1.29, 1.82) is 0 Å². The Balaban J connectivity index is 2.82. The normalized spacial score (nSPS) is 21.3. The van der Waals surface area contributed by atoms with Crippen LogP contribution in [0.4, 0.5) is 0 Å². The van der Waals surface area contributed by atoms with Crippen molar-refractivity contribution in [3.63, 3.8) is 0 Å². The summed E-state index contributed by atoms with van der Waals surface area (Å²) in [6.45, 7) is -0.265. The highest BCUT2D eigenvalue weighted by Gasteiger charge is 2.41. The van der Waals surface area contributed by atoms with E-state index in [9.17, 15) is 19.2 Å². The fourth-order valence-corrected chi connectivity index (χ4v) is 1.69. The van der Waals surface area contributed by atoms with E-state index < -0.39 is 42.2 Å². The maximum Gasteiger partial charge on any atom is 0.327 e. The Morgan fingerprint density at radius 3 is 2.24 bits per heavy atom. The summed E-state index contributed by atoms with van der Waals surface area (Å²) in [7, 11) is 0. The van der Waals surface area contributed by atoms with Crippen LogP contribution in [0.2, 0.25) is 0 Å². The molecule has 0 aliphatic carbocycles. The third-order valence-corrected chi connectivity index (χ3v) is 2.54. The van der Waals surface area contributed by atoms with Crippen molar-refractivity contribution in [1.82, 2.24) is 4.90 Å². The fraction of sp³-hybridized carbons (Fsp3) is 0.556. The van der Waals surface area contributed by atoms with E-state index in [4.69, 9.17) is 15.3 Å². The van der Waals surface area contributed by atoms with E-state index in [1.165, 1.54) is 0 Å². The fourth-order valence-electron chi connectivity index (χ4n) is 1.69. The van der Waals surface area contributed by atoms with Crippen LogP contribution in [0.1, 0.15) is 12.8 Å². The second-order valence-electron chi connectivity index (χ2n) is 3.74. The highest BCUT2D eigenvalue weighted by Crippen LogP contribution is 2.21. The van der Waals surface area contributed by atoms with Gasteiger partial charge in [0, 0.05) is 13.0 Å². The Bertz CT molecular complexity index is 378. The van der Waals surface area contributed by atoms with Crippen LogP contribution < -0.4 is 0 Å². The summed E-state index contributed by atoms with van der Waals surface area (Å²) in [5.74, 6) is -5.62. The maximum absolute atomic E-state index is 11.4. The van der Waals surface area contributed by atoms with Crippen LogP contribution in [-0.2, 0) is 19.2 Å². The van der Waals surface area contributed by atoms with E-state index in [2.05, 4.69) is 0 Å². The molecule has 17 heavy (non-hydrogen) atoms. The summed E-state index contributed by atoms with van der Waals surface area (Å²) in [6.07, 6.45) is -1.04. The first-order valence-electron chi connectivity index (χ1n) is 4.79. The first kappa shape index (κ1) is 12.9. The van der Waals surface area contributed by atoms with Gasteiger partial charge in [0.15, 0.2) is 0 Å². The summed E-state index contributed by atoms with van der Waals surface area (Å²) in [6, 6.07) is -1.51. The molecule has 0 aromatic heterocycles. The number of aliphatic carboxylic acids is 3. The third kappa shape index (κ3) is 2.92. The Morgan fingerprint density at radius 1 is 1.29 bits per heavy atom. The average molecular weight is 245 g/mol. The predicted octanol–water partition coefficient (Wildman–Crippen LogP) is -1.15. The minimum absolute atomic E-state index is 0.265. The van der Waals surface area contributed by atoms with Crippen LogP contribution in [-0.4, -0.2) is 56.6 Å². The van der Waals surface area contributed by atoms with Crippen molar-refractivity contribution in [3.05, 3.63) is 0 Å². The summed E-state index contributed by atoms with van der Waals surface area (Å²) < 4.78 is 0. The molecule has 94 valence electrons. The van der Waals surface area contributed by atoms with E-state index >= 15 is 0 Å². The molecule has 1 aliphatic heterocycles. The second-order valence-corrected chi connectivity index (χ2v) is 3.74. The van der Waals surface area contributed by atoms with E-state index in [-0.39, 0.29) is 13.0 Å². The number of nitrogens with zero attached hydrogens (tertiary/aromatic N) is 1. The SMILES string of the molecule is O=C(O)CC(C(=O)O)N1CC(C(=O)O)CC1=O. The Labute approximate surface area is 95.4 Å². The standard InChI is InChI=1S/C9H11NO7/c11-6-1-4(8(14)15)3-10(6)5(9(16)17)2-7(12)13/h4-5H,1-3H2,(H,12,13)(H,14,15)(H,16,17). The van der Waals surface area contributed by atoms with Gasteiger partial charge in [0.05, 0.1) is 12.3 Å². The molecule has 1 saturated heterocycles. The molecule has 2 unspecified atom stereocenters. The summed E-state index contributed by atoms with van der Waals surface area (Å²) >= 11 is 0. The second kappa shape index (κ2) is 4.81. The molecule has 1 amide bonds. The minimum atomic E-state index is -1.51. The smallest absolute Gasteiger partial charge is 0.327 e. The molecule has 0 saturated carbocycles. The van der Waals surface area contributed by atoms with Crippen LogP contribution in [0.25, 0.3) is 0 Å². The number of carbonyl (C=O) groups excluding carboxylic acids is 1. The Kier molecular flexibility index (Phi) is 3.66. The van der Waals surface area contributed by atoms with Gasteiger partial charge in [-0.3, -0.25) is 14.4 Å². The van der Waals surface area contributed by atoms with Crippen LogP contribution in [0, 0.1) is 5.92 Å². The lowest BCUT2D eigenvalue weighted by molar-refractivity contribution is -0.153. The molecule has 0 spiro atoms. The molecule has 0 radical (unpaired) electrons. The first-order chi connectivity index (χ1) is 7.82. The number of hydrogen-bond donors (Lipinski definition) is 3. The van der Waals surface area contributed by atoms with Crippen molar-refractivity contribution in [2.24, 2.45) is 5.92 Å². The van der Waals surface area contributed by atoms with E-state index in [1.807, 2.05) is 0 Å². The van der Waals surface area contributed by atoms with Crippen molar-refractivity contribution in [2.45, 2.75) is 18.9 Å². The molecule has 0 aromatic rings. The highest BCUT2D eigenvalue weighted by atomic mass is 16.4. The maximum atomic E-state index is 11.4. The van der Waals surface area contributed by atoms with Gasteiger partial charge in [-0.05, 0) is 0 Å². The molecule has 3 N–H and O–H groups in total. The lowest BCUT2D eigenvalue weighted by atomic mass is 10.1. The molecule has 0 bridgehead atoms. The summed E-state index contributed by atoms with van der Waals surface area (Å²) in [5, 5.41) is 26.1. The minimum Gasteiger partial charge on any atom is -0.481 e. The highest BCUT2D eigenvalue weighted by molar-refractivity contribution is 5.91. The number of likely N-dealkylation sites (tertiary alicyclic amines) is 1. The number of amides is 1. The topological polar surface area (TPSA) is 132 Å². The van der Waals surface area contributed by atoms with Gasteiger partial charge < -0.3 is 20.2 Å². The zero-order valence-corrected chi connectivity index (χ0v) is 8.70. The number of hydrogen-bond acceptors (Lipinski definition) is 4. The molecule has 8 heteroatoms. The van der Waals surface area contributed by atoms with Gasteiger partial charge in [0.1, 0.15) is 6.04 Å². The number of carboxylic acids is 3. The van der Waals surface area contributed by atoms with E-state index in [0.717, 1.165) is 4.90 Å². The Hall–Kier alpha value is -2.12. The van der Waals surface area contributed by atoms with Crippen LogP contribution >= 0.6 is 0 Å². The third-order valence-electron chi connectivity index (χ3n) is 2.54. The molecule has 8 nitrogen and oxygen atoms in total. The lowest BCUT2D eigenvalue weighted by Gasteiger charge is -2.22. The largest absolute Gasteiger partial charge is 0.481 e. The number of carboxylic acid groups (broad SMARTS) is 3. The van der Waals surface area contributed by atoms with Crippen LogP contribution in [0.3, 0.4) is 0 Å². The van der Waals surface area contributed by atoms with Gasteiger partial charge >= 0.3 is 17.9 Å². The zero-order chi connectivity index (χ0) is 13.2. The molecular weight excluding hydrogens is 234 g/mol. The van der Waals surface area contributed by atoms with Gasteiger partial charge in [-0.1, -0.05) is 0 Å². The molecule has 1 aliphatic rings. The lowest BCUT2D eigenvalue weighted by Crippen LogP contribution is -2.43. The molecule has 0 aromatic carbocycles. The van der Waals surface area contributed by atoms with Gasteiger partial charge in [-0.15, -0.1) is 0 Å². The van der Waals surface area contributed by atoms with Crippen LogP contribution in [0.5, 0.6) is 0 Å². The van der Waals surface area contributed by atoms with Gasteiger partial charge in [-0.2, -0.15) is 0 Å². The molecule has 2 atom stereocenters. The van der Waals surface area contributed by atoms with Gasteiger partial charge in [-0.25, -0.2) is 4.79 Å². The monoisotopic (exact) mass is 245 g/mol. The van der Waals surface area contributed by atoms with Crippen molar-refractivity contribution in [2.75, 3.05) is 6.54 Å². The van der Waals surface area contributed by atoms with Gasteiger partial charge in [0.2, 0.25) is 5.91 Å². The van der Waals surface area contributed by atoms with Crippen LogP contribution in [0.15, 0.2) is 0 Å². The first-order valence-corrected chi connectivity index (χ1v) is 4.79. The predicted molar refractivity (Wildman–Crippen MR) is 51.1 cm³/mol. The number of rotatable bonds is 5. The van der Waals surface area contributed by atoms with Crippen molar-refractivity contribution < 1.29 is 34.5 Å². The van der Waals surface area contributed by atoms with Crippen molar-refractivity contribution in [3.8, 4) is 0 Å². The van der Waals surface area contributed by atoms with Crippen molar-refractivity contribution >= 4 is 23.8 Å². The molecule has 1 rings (SSSR count). The molecule has 1 heterocycles. The quantitative estimate of drug-likeness (QED) is 0.556. The average Bonchev–Trinajstić information content (AvgIpc) is 2.56. The van der Waals surface area contributed by atoms with Gasteiger partial charge in [0.25, 0.3) is 0 Å². The summed E-state index contributed by atoms with van der Waals surface area (Å²) in [4.78, 5) is 44.2. The Morgan fingerprint density at radius 2 is 1.88 bits per heavy atom. The molecular formula is C9H11NO7. The van der Waals surface area contributed by atoms with E-state index in [1.54, 1.807) is 0 Å². The number of carbonyl (C=O) groups is 4. The van der Waals surface area contributed by atoms with E-state index in [0.29, 0.717) is 0 Å². The zero-order valence-electron chi connectivity index (χ0n) is 8.70. The molecule has 1 fully saturated rings. The summed E-state index contributed by atoms with van der Waals surface area (Å²) in [5.41, 5.74) is 0.